The van der Waals surface area contributed by atoms with E-state index in [1.807, 2.05) is 50.2 Å². The van der Waals surface area contributed by atoms with E-state index in [0.29, 0.717) is 39.1 Å². The van der Waals surface area contributed by atoms with Crippen molar-refractivity contribution in [2.45, 2.75) is 39.8 Å². The number of benzene rings is 2. The normalized spacial score (nSPS) is 15.8. The second-order valence-electron chi connectivity index (χ2n) is 10.1. The number of carbonyl (C=O) groups excluding carboxylic acids is 1. The lowest BCUT2D eigenvalue weighted by molar-refractivity contribution is 0.0526. The van der Waals surface area contributed by atoms with E-state index >= 15 is 0 Å². The molecule has 0 bridgehead atoms. The van der Waals surface area contributed by atoms with Crippen molar-refractivity contribution in [3.63, 3.8) is 0 Å². The first-order chi connectivity index (χ1) is 18.3. The smallest absolute Gasteiger partial charge is 0.342 e. The number of phenols is 1. The average Bonchev–Trinajstić information content (AvgIpc) is 3.24. The third-order valence-corrected chi connectivity index (χ3v) is 7.12. The van der Waals surface area contributed by atoms with Crippen molar-refractivity contribution < 1.29 is 23.8 Å². The molecular weight excluding hydrogens is 482 g/mol. The molecule has 8 nitrogen and oxygen atoms in total. The molecule has 1 atom stereocenters. The van der Waals surface area contributed by atoms with Gasteiger partial charge in [0.05, 0.1) is 18.8 Å². The van der Waals surface area contributed by atoms with Crippen molar-refractivity contribution >= 4 is 27.7 Å². The van der Waals surface area contributed by atoms with Crippen LogP contribution in [0.5, 0.6) is 11.6 Å². The summed E-state index contributed by atoms with van der Waals surface area (Å²) in [6.07, 6.45) is 1.70. The second-order valence-corrected chi connectivity index (χ2v) is 10.1. The molecule has 1 aliphatic heterocycles. The zero-order valence-electron chi connectivity index (χ0n) is 22.7. The fraction of sp³-hybridized carbons (Fsp3) is 0.400. The van der Waals surface area contributed by atoms with Crippen LogP contribution in [-0.2, 0) is 4.74 Å². The van der Waals surface area contributed by atoms with E-state index in [2.05, 4.69) is 21.8 Å². The van der Waals surface area contributed by atoms with Crippen LogP contribution in [0.15, 0.2) is 47.0 Å². The van der Waals surface area contributed by atoms with Crippen LogP contribution in [0, 0.1) is 6.92 Å². The quantitative estimate of drug-likeness (QED) is 0.331. The van der Waals surface area contributed by atoms with Crippen molar-refractivity contribution in [1.82, 2.24) is 14.8 Å². The van der Waals surface area contributed by atoms with Crippen LogP contribution in [0.1, 0.15) is 54.1 Å². The summed E-state index contributed by atoms with van der Waals surface area (Å²) in [4.78, 5) is 22.3. The summed E-state index contributed by atoms with van der Waals surface area (Å²) in [5, 5.41) is 14.0. The predicted molar refractivity (Wildman–Crippen MR) is 147 cm³/mol. The minimum absolute atomic E-state index is 0.0347. The predicted octanol–water partition coefficient (Wildman–Crippen LogP) is 5.30. The van der Waals surface area contributed by atoms with Crippen molar-refractivity contribution in [3.05, 3.63) is 65.0 Å². The van der Waals surface area contributed by atoms with E-state index in [4.69, 9.17) is 13.9 Å². The number of aryl methyl sites for hydroxylation is 1. The highest BCUT2D eigenvalue weighted by Gasteiger charge is 2.35. The zero-order chi connectivity index (χ0) is 27.0. The molecule has 2 aromatic heterocycles. The average molecular weight is 518 g/mol. The van der Waals surface area contributed by atoms with Crippen molar-refractivity contribution in [3.8, 4) is 11.6 Å². The zero-order valence-corrected chi connectivity index (χ0v) is 22.7. The summed E-state index contributed by atoms with van der Waals surface area (Å²) in [5.41, 5.74) is 2.47. The number of hydrogen-bond donors (Lipinski definition) is 1. The van der Waals surface area contributed by atoms with Crippen LogP contribution in [0.4, 0.5) is 0 Å². The lowest BCUT2D eigenvalue weighted by Gasteiger charge is -2.39. The SMILES string of the molecule is CCOC(=O)c1c(C)oc2c1c(C(c1ccnc(OC(C)C)c1)N1CCN(C)CC1)c(O)c1ccccc12. The van der Waals surface area contributed by atoms with Gasteiger partial charge in [-0.25, -0.2) is 9.78 Å². The maximum atomic E-state index is 13.3. The van der Waals surface area contributed by atoms with Crippen LogP contribution >= 0.6 is 0 Å². The van der Waals surface area contributed by atoms with E-state index in [1.165, 1.54) is 0 Å². The number of pyridine rings is 1. The number of ether oxygens (including phenoxy) is 2. The molecule has 0 saturated carbocycles. The molecule has 38 heavy (non-hydrogen) atoms. The monoisotopic (exact) mass is 517 g/mol. The van der Waals surface area contributed by atoms with E-state index in [1.54, 1.807) is 20.0 Å². The summed E-state index contributed by atoms with van der Waals surface area (Å²) in [5.74, 6) is 0.648. The number of rotatable bonds is 7. The van der Waals surface area contributed by atoms with Gasteiger partial charge in [0, 0.05) is 60.2 Å². The molecule has 3 heterocycles. The third kappa shape index (κ3) is 4.70. The first-order valence-corrected chi connectivity index (χ1v) is 13.2. The maximum Gasteiger partial charge on any atom is 0.342 e. The van der Waals surface area contributed by atoms with Gasteiger partial charge >= 0.3 is 5.97 Å². The lowest BCUT2D eigenvalue weighted by Crippen LogP contribution is -2.46. The number of aromatic hydroxyl groups is 1. The van der Waals surface area contributed by atoms with E-state index in [-0.39, 0.29) is 24.5 Å². The maximum absolute atomic E-state index is 13.3. The summed E-state index contributed by atoms with van der Waals surface area (Å²) in [7, 11) is 2.11. The van der Waals surface area contributed by atoms with Crippen LogP contribution in [0.25, 0.3) is 21.7 Å². The Balaban J connectivity index is 1.84. The number of fused-ring (bicyclic) bond motifs is 3. The first kappa shape index (κ1) is 26.0. The van der Waals surface area contributed by atoms with Gasteiger partial charge in [0.1, 0.15) is 22.7 Å². The van der Waals surface area contributed by atoms with Gasteiger partial charge in [0.25, 0.3) is 0 Å². The molecule has 5 rings (SSSR count). The molecule has 1 saturated heterocycles. The molecule has 0 aliphatic carbocycles. The number of piperazine rings is 1. The van der Waals surface area contributed by atoms with E-state index in [9.17, 15) is 9.90 Å². The Kier molecular flexibility index (Phi) is 7.27. The second kappa shape index (κ2) is 10.6. The molecule has 1 fully saturated rings. The molecule has 0 amide bonds. The van der Waals surface area contributed by atoms with Crippen LogP contribution in [0.3, 0.4) is 0 Å². The molecule has 0 radical (unpaired) electrons. The number of carbonyl (C=O) groups is 1. The highest BCUT2D eigenvalue weighted by atomic mass is 16.5. The summed E-state index contributed by atoms with van der Waals surface area (Å²) >= 11 is 0. The minimum Gasteiger partial charge on any atom is -0.507 e. The Hall–Kier alpha value is -3.62. The number of likely N-dealkylation sites (N-methyl/N-ethyl adjacent to an activating group) is 1. The first-order valence-electron chi connectivity index (χ1n) is 13.2. The molecule has 0 spiro atoms. The number of esters is 1. The van der Waals surface area contributed by atoms with Gasteiger partial charge in [-0.1, -0.05) is 24.3 Å². The topological polar surface area (TPSA) is 88.3 Å². The molecule has 4 aromatic rings. The molecule has 8 heteroatoms. The third-order valence-electron chi connectivity index (χ3n) is 7.12. The Morgan fingerprint density at radius 2 is 1.84 bits per heavy atom. The summed E-state index contributed by atoms with van der Waals surface area (Å²) in [6, 6.07) is 11.1. The Morgan fingerprint density at radius 1 is 1.13 bits per heavy atom. The fourth-order valence-electron chi connectivity index (χ4n) is 5.40. The van der Waals surface area contributed by atoms with Crippen molar-refractivity contribution in [2.24, 2.45) is 0 Å². The van der Waals surface area contributed by atoms with Crippen molar-refractivity contribution in [2.75, 3.05) is 39.8 Å². The molecular formula is C30H35N3O5. The highest BCUT2D eigenvalue weighted by molar-refractivity contribution is 6.16. The minimum atomic E-state index is -0.463. The number of nitrogens with zero attached hydrogens (tertiary/aromatic N) is 3. The largest absolute Gasteiger partial charge is 0.507 e. The number of hydrogen-bond acceptors (Lipinski definition) is 8. The molecule has 1 N–H and O–H groups in total. The Bertz CT molecular complexity index is 1470. The van der Waals surface area contributed by atoms with E-state index < -0.39 is 5.97 Å². The van der Waals surface area contributed by atoms with Gasteiger partial charge in [-0.15, -0.1) is 0 Å². The van der Waals surface area contributed by atoms with Gasteiger partial charge in [0.2, 0.25) is 5.88 Å². The molecule has 1 unspecified atom stereocenters. The van der Waals surface area contributed by atoms with Crippen LogP contribution < -0.4 is 4.74 Å². The standard InChI is InChI=1S/C30H35N3O5/c1-6-36-30(35)24-19(4)38-29-22-10-8-7-9-21(22)28(34)26(25(24)29)27(33-15-13-32(5)14-16-33)20-11-12-31-23(17-20)37-18(2)3/h7-12,17-18,27,34H,6,13-16H2,1-5H3. The number of furan rings is 1. The number of phenolic OH excluding ortho intramolecular Hbond substituents is 1. The van der Waals surface area contributed by atoms with Crippen molar-refractivity contribution in [1.29, 1.82) is 0 Å². The van der Waals surface area contributed by atoms with Crippen LogP contribution in [-0.4, -0.2) is 71.8 Å². The van der Waals surface area contributed by atoms with Gasteiger partial charge in [-0.2, -0.15) is 0 Å². The Morgan fingerprint density at radius 3 is 2.53 bits per heavy atom. The fourth-order valence-corrected chi connectivity index (χ4v) is 5.40. The Labute approximate surface area is 222 Å². The van der Waals surface area contributed by atoms with Gasteiger partial charge < -0.3 is 23.9 Å². The molecule has 1 aliphatic rings. The molecule has 2 aromatic carbocycles. The number of aromatic nitrogens is 1. The lowest BCUT2D eigenvalue weighted by atomic mass is 9.89. The van der Waals surface area contributed by atoms with Gasteiger partial charge in [-0.05, 0) is 46.4 Å². The van der Waals surface area contributed by atoms with Gasteiger partial charge in [0.15, 0.2) is 0 Å². The van der Waals surface area contributed by atoms with Gasteiger partial charge in [-0.3, -0.25) is 4.90 Å². The summed E-state index contributed by atoms with van der Waals surface area (Å²) in [6.45, 7) is 11.0. The van der Waals surface area contributed by atoms with Crippen LogP contribution in [0.2, 0.25) is 0 Å². The van der Waals surface area contributed by atoms with E-state index in [0.717, 1.165) is 37.1 Å². The molecule has 200 valence electrons. The highest BCUT2D eigenvalue weighted by Crippen LogP contribution is 2.47. The summed E-state index contributed by atoms with van der Waals surface area (Å²) < 4.78 is 17.7.